The van der Waals surface area contributed by atoms with Gasteiger partial charge in [-0.05, 0) is 41.8 Å². The van der Waals surface area contributed by atoms with Gasteiger partial charge in [-0.2, -0.15) is 0 Å². The number of hydrogen-bond acceptors (Lipinski definition) is 3. The first-order chi connectivity index (χ1) is 14.7. The van der Waals surface area contributed by atoms with Crippen molar-refractivity contribution in [3.05, 3.63) is 63.3 Å². The lowest BCUT2D eigenvalue weighted by Crippen LogP contribution is -2.42. The number of piperidine rings is 1. The quantitative estimate of drug-likeness (QED) is 0.733. The molecule has 0 radical (unpaired) electrons. The van der Waals surface area contributed by atoms with Gasteiger partial charge in [-0.15, -0.1) is 0 Å². The number of halogens is 3. The minimum Gasteiger partial charge on any atom is -0.338 e. The minimum atomic E-state index is -2.73. The Labute approximate surface area is 175 Å². The summed E-state index contributed by atoms with van der Waals surface area (Å²) >= 11 is 0. The highest BCUT2D eigenvalue weighted by atomic mass is 19.3. The number of benzene rings is 1. The van der Waals surface area contributed by atoms with E-state index in [0.717, 1.165) is 0 Å². The normalized spacial score (nSPS) is 23.4. The molecule has 2 aromatic rings. The third-order valence-electron chi connectivity index (χ3n) is 6.65. The van der Waals surface area contributed by atoms with E-state index < -0.39 is 35.0 Å². The number of rotatable bonds is 2. The van der Waals surface area contributed by atoms with Gasteiger partial charge >= 0.3 is 0 Å². The summed E-state index contributed by atoms with van der Waals surface area (Å²) in [6.45, 7) is 1.90. The molecule has 2 atom stereocenters. The van der Waals surface area contributed by atoms with E-state index in [1.54, 1.807) is 11.1 Å². The number of carbonyl (C=O) groups excluding carboxylic acids is 2. The molecule has 0 spiro atoms. The van der Waals surface area contributed by atoms with E-state index in [0.29, 0.717) is 29.8 Å². The molecular formula is C22H20F3N3O3. The Hall–Kier alpha value is -3.10. The zero-order chi connectivity index (χ0) is 22.1. The molecular weight excluding hydrogens is 411 g/mol. The van der Waals surface area contributed by atoms with E-state index in [4.69, 9.17) is 0 Å². The summed E-state index contributed by atoms with van der Waals surface area (Å²) in [7, 11) is 0. The van der Waals surface area contributed by atoms with E-state index in [9.17, 15) is 27.6 Å². The van der Waals surface area contributed by atoms with Crippen LogP contribution in [0.25, 0.3) is 5.69 Å². The standard InChI is InChI=1S/C22H20F3N3O3/c1-12(29)26-7-6-16-13(8-26)9-28(15-4-2-14(23)3-5-15)21(31)19(16)20(30)27-10-17-18(11-27)22(17,24)25/h2-5,9,17-18H,6-8,10-11H2,1H3. The molecule has 0 bridgehead atoms. The zero-order valence-corrected chi connectivity index (χ0v) is 16.8. The number of fused-ring (bicyclic) bond motifs is 2. The molecule has 3 aliphatic rings. The van der Waals surface area contributed by atoms with Crippen molar-refractivity contribution in [3.8, 4) is 5.69 Å². The second kappa shape index (κ2) is 6.70. The molecule has 2 aliphatic heterocycles. The van der Waals surface area contributed by atoms with Gasteiger partial charge < -0.3 is 9.80 Å². The van der Waals surface area contributed by atoms with E-state index in [1.165, 1.54) is 40.7 Å². The number of likely N-dealkylation sites (tertiary alicyclic amines) is 1. The number of pyridine rings is 1. The Bertz CT molecular complexity index is 1150. The van der Waals surface area contributed by atoms with Gasteiger partial charge in [-0.25, -0.2) is 13.2 Å². The Morgan fingerprint density at radius 2 is 1.71 bits per heavy atom. The van der Waals surface area contributed by atoms with Crippen LogP contribution in [0.4, 0.5) is 13.2 Å². The number of carbonyl (C=O) groups is 2. The van der Waals surface area contributed by atoms with Gasteiger partial charge in [0.1, 0.15) is 11.4 Å². The average molecular weight is 431 g/mol. The van der Waals surface area contributed by atoms with Crippen molar-refractivity contribution in [1.29, 1.82) is 0 Å². The summed E-state index contributed by atoms with van der Waals surface area (Å²) in [6, 6.07) is 5.27. The summed E-state index contributed by atoms with van der Waals surface area (Å²) in [4.78, 5) is 41.5. The summed E-state index contributed by atoms with van der Waals surface area (Å²) in [5.74, 6) is -5.57. The lowest BCUT2D eigenvalue weighted by molar-refractivity contribution is -0.129. The predicted molar refractivity (Wildman–Crippen MR) is 105 cm³/mol. The molecule has 2 amide bonds. The molecule has 9 heteroatoms. The van der Waals surface area contributed by atoms with Crippen molar-refractivity contribution in [1.82, 2.24) is 14.4 Å². The smallest absolute Gasteiger partial charge is 0.268 e. The molecule has 1 aromatic carbocycles. The Morgan fingerprint density at radius 1 is 1.06 bits per heavy atom. The molecule has 1 aliphatic carbocycles. The van der Waals surface area contributed by atoms with Gasteiger partial charge in [0.05, 0.1) is 11.8 Å². The maximum Gasteiger partial charge on any atom is 0.268 e. The van der Waals surface area contributed by atoms with E-state index in [2.05, 4.69) is 0 Å². The SMILES string of the molecule is CC(=O)N1CCc2c(cn(-c3ccc(F)cc3)c(=O)c2C(=O)N2CC3C(C2)C3(F)F)C1. The van der Waals surface area contributed by atoms with Crippen LogP contribution < -0.4 is 5.56 Å². The third-order valence-corrected chi connectivity index (χ3v) is 6.65. The van der Waals surface area contributed by atoms with Crippen molar-refractivity contribution >= 4 is 11.8 Å². The maximum absolute atomic E-state index is 13.6. The molecule has 3 heterocycles. The van der Waals surface area contributed by atoms with Crippen LogP contribution in [0.2, 0.25) is 0 Å². The van der Waals surface area contributed by atoms with Crippen molar-refractivity contribution in [2.75, 3.05) is 19.6 Å². The highest BCUT2D eigenvalue weighted by molar-refractivity contribution is 5.96. The third kappa shape index (κ3) is 3.05. The molecule has 5 rings (SSSR count). The van der Waals surface area contributed by atoms with Gasteiger partial charge in [0, 0.05) is 45.0 Å². The summed E-state index contributed by atoms with van der Waals surface area (Å²) in [5.41, 5.74) is 0.953. The Balaban J connectivity index is 1.59. The monoisotopic (exact) mass is 431 g/mol. The molecule has 31 heavy (non-hydrogen) atoms. The molecule has 1 aromatic heterocycles. The Morgan fingerprint density at radius 3 is 2.32 bits per heavy atom. The fourth-order valence-electron chi connectivity index (χ4n) is 4.77. The molecule has 2 unspecified atom stereocenters. The van der Waals surface area contributed by atoms with Crippen LogP contribution in [0.3, 0.4) is 0 Å². The zero-order valence-electron chi connectivity index (χ0n) is 16.8. The van der Waals surface area contributed by atoms with Crippen molar-refractivity contribution in [2.45, 2.75) is 25.8 Å². The van der Waals surface area contributed by atoms with E-state index in [1.807, 2.05) is 0 Å². The van der Waals surface area contributed by atoms with Gasteiger partial charge in [0.15, 0.2) is 0 Å². The number of alkyl halides is 2. The van der Waals surface area contributed by atoms with E-state index >= 15 is 0 Å². The van der Waals surface area contributed by atoms with Gasteiger partial charge in [0.2, 0.25) is 5.91 Å². The van der Waals surface area contributed by atoms with Crippen LogP contribution in [0, 0.1) is 17.7 Å². The lowest BCUT2D eigenvalue weighted by atomic mass is 9.95. The van der Waals surface area contributed by atoms with Gasteiger partial charge in [-0.3, -0.25) is 19.0 Å². The van der Waals surface area contributed by atoms with Crippen molar-refractivity contribution < 1.29 is 22.8 Å². The van der Waals surface area contributed by atoms with Crippen LogP contribution in [0.15, 0.2) is 35.3 Å². The maximum atomic E-state index is 13.6. The summed E-state index contributed by atoms with van der Waals surface area (Å²) < 4.78 is 41.8. The summed E-state index contributed by atoms with van der Waals surface area (Å²) in [5, 5.41) is 0. The molecule has 1 saturated carbocycles. The van der Waals surface area contributed by atoms with E-state index in [-0.39, 0.29) is 31.1 Å². The van der Waals surface area contributed by atoms with Crippen LogP contribution in [0.5, 0.6) is 0 Å². The minimum absolute atomic E-state index is 0.0466. The first kappa shape index (κ1) is 19.8. The van der Waals surface area contributed by atoms with Gasteiger partial charge in [-0.1, -0.05) is 0 Å². The first-order valence-electron chi connectivity index (χ1n) is 10.1. The second-order valence-electron chi connectivity index (χ2n) is 8.45. The van der Waals surface area contributed by atoms with Crippen LogP contribution in [-0.2, 0) is 17.8 Å². The second-order valence-corrected chi connectivity index (χ2v) is 8.45. The first-order valence-corrected chi connectivity index (χ1v) is 10.1. The number of amides is 2. The molecule has 2 fully saturated rings. The Kier molecular flexibility index (Phi) is 4.29. The fourth-order valence-corrected chi connectivity index (χ4v) is 4.77. The number of nitrogens with zero attached hydrogens (tertiary/aromatic N) is 3. The lowest BCUT2D eigenvalue weighted by Gasteiger charge is -2.30. The largest absolute Gasteiger partial charge is 0.338 e. The molecule has 162 valence electrons. The number of hydrogen-bond donors (Lipinski definition) is 0. The van der Waals surface area contributed by atoms with Crippen molar-refractivity contribution in [3.63, 3.8) is 0 Å². The van der Waals surface area contributed by atoms with Crippen LogP contribution in [-0.4, -0.2) is 51.7 Å². The van der Waals surface area contributed by atoms with Crippen molar-refractivity contribution in [2.24, 2.45) is 11.8 Å². The molecule has 1 saturated heterocycles. The fraction of sp³-hybridized carbons (Fsp3) is 0.409. The van der Waals surface area contributed by atoms with Gasteiger partial charge in [0.25, 0.3) is 17.4 Å². The van der Waals surface area contributed by atoms with Crippen LogP contribution in [0.1, 0.15) is 28.4 Å². The highest BCUT2D eigenvalue weighted by Crippen LogP contribution is 2.59. The molecule has 6 nitrogen and oxygen atoms in total. The average Bonchev–Trinajstić information content (AvgIpc) is 3.07. The predicted octanol–water partition coefficient (Wildman–Crippen LogP) is 2.22. The summed E-state index contributed by atoms with van der Waals surface area (Å²) in [6.07, 6.45) is 1.90. The topological polar surface area (TPSA) is 62.6 Å². The molecule has 0 N–H and O–H groups in total. The highest BCUT2D eigenvalue weighted by Gasteiger charge is 2.72. The number of aromatic nitrogens is 1. The van der Waals surface area contributed by atoms with Crippen LogP contribution >= 0.6 is 0 Å².